The lowest BCUT2D eigenvalue weighted by Gasteiger charge is -2.28. The fourth-order valence-corrected chi connectivity index (χ4v) is 3.89. The molecule has 1 saturated carbocycles. The molecule has 2 heterocycles. The summed E-state index contributed by atoms with van der Waals surface area (Å²) >= 11 is 0. The van der Waals surface area contributed by atoms with Gasteiger partial charge in [0.15, 0.2) is 0 Å². The van der Waals surface area contributed by atoms with E-state index in [1.54, 1.807) is 0 Å². The van der Waals surface area contributed by atoms with Gasteiger partial charge in [0.25, 0.3) is 0 Å². The Bertz CT molecular complexity index is 305. The Balaban J connectivity index is 1.65. The molecule has 0 radical (unpaired) electrons. The quantitative estimate of drug-likeness (QED) is 0.752. The molecule has 1 N–H and O–H groups in total. The van der Waals surface area contributed by atoms with Crippen molar-refractivity contribution in [1.82, 2.24) is 10.2 Å². The topological polar surface area (TPSA) is 32.3 Å². The van der Waals surface area contributed by atoms with Gasteiger partial charge in [0, 0.05) is 31.1 Å². The zero-order valence-electron chi connectivity index (χ0n) is 10.8. The molecule has 3 aliphatic rings. The van der Waals surface area contributed by atoms with Crippen LogP contribution in [0, 0.1) is 11.8 Å². The molecule has 3 fully saturated rings. The number of likely N-dealkylation sites (tertiary alicyclic amines) is 1. The number of nitrogens with one attached hydrogen (secondary N) is 1. The fraction of sp³-hybridized carbons (Fsp3) is 0.929. The van der Waals surface area contributed by atoms with Gasteiger partial charge < -0.3 is 10.2 Å². The van der Waals surface area contributed by atoms with Gasteiger partial charge in [-0.3, -0.25) is 4.79 Å². The molecule has 3 heteroatoms. The average Bonchev–Trinajstić information content (AvgIpc) is 2.84. The van der Waals surface area contributed by atoms with Crippen molar-refractivity contribution in [2.75, 3.05) is 13.1 Å². The van der Waals surface area contributed by atoms with Crippen LogP contribution in [0.25, 0.3) is 0 Å². The molecular weight excluding hydrogens is 212 g/mol. The van der Waals surface area contributed by atoms with E-state index in [0.29, 0.717) is 29.8 Å². The molecule has 0 spiro atoms. The predicted octanol–water partition coefficient (Wildman–Crippen LogP) is 1.78. The van der Waals surface area contributed by atoms with Gasteiger partial charge in [-0.25, -0.2) is 0 Å². The Labute approximate surface area is 104 Å². The lowest BCUT2D eigenvalue weighted by atomic mass is 9.96. The average molecular weight is 236 g/mol. The first-order valence-corrected chi connectivity index (χ1v) is 7.29. The van der Waals surface area contributed by atoms with Gasteiger partial charge in [0.05, 0.1) is 0 Å². The first-order chi connectivity index (χ1) is 8.24. The van der Waals surface area contributed by atoms with Crippen LogP contribution in [-0.2, 0) is 4.79 Å². The standard InChI is InChI=1S/C14H24N2O/c1-10-3-2-4-13(10)14(17)16-8-7-11-5-6-12(9-16)15-11/h10-13,15H,2-9H2,1H3. The van der Waals surface area contributed by atoms with Crippen molar-refractivity contribution in [3.8, 4) is 0 Å². The third-order valence-corrected chi connectivity index (χ3v) is 5.01. The molecule has 4 unspecified atom stereocenters. The highest BCUT2D eigenvalue weighted by molar-refractivity contribution is 5.79. The molecule has 3 rings (SSSR count). The van der Waals surface area contributed by atoms with E-state index in [1.165, 1.54) is 25.7 Å². The van der Waals surface area contributed by atoms with E-state index < -0.39 is 0 Å². The number of carbonyl (C=O) groups excluding carboxylic acids is 1. The Hall–Kier alpha value is -0.570. The van der Waals surface area contributed by atoms with E-state index in [2.05, 4.69) is 17.1 Å². The molecular formula is C14H24N2O. The zero-order chi connectivity index (χ0) is 11.8. The van der Waals surface area contributed by atoms with Crippen LogP contribution >= 0.6 is 0 Å². The van der Waals surface area contributed by atoms with Gasteiger partial charge in [0.1, 0.15) is 0 Å². The van der Waals surface area contributed by atoms with E-state index in [9.17, 15) is 4.79 Å². The van der Waals surface area contributed by atoms with Crippen LogP contribution in [0.3, 0.4) is 0 Å². The van der Waals surface area contributed by atoms with Crippen LogP contribution in [0.2, 0.25) is 0 Å². The summed E-state index contributed by atoms with van der Waals surface area (Å²) in [6.45, 7) is 4.19. The van der Waals surface area contributed by atoms with Crippen molar-refractivity contribution in [2.45, 2.75) is 57.5 Å². The number of carbonyl (C=O) groups is 1. The molecule has 0 aromatic heterocycles. The van der Waals surface area contributed by atoms with E-state index in [4.69, 9.17) is 0 Å². The zero-order valence-corrected chi connectivity index (χ0v) is 10.8. The van der Waals surface area contributed by atoms with Crippen LogP contribution in [0.15, 0.2) is 0 Å². The summed E-state index contributed by atoms with van der Waals surface area (Å²) in [7, 11) is 0. The van der Waals surface area contributed by atoms with Crippen LogP contribution < -0.4 is 5.32 Å². The van der Waals surface area contributed by atoms with E-state index in [0.717, 1.165) is 25.9 Å². The first kappa shape index (κ1) is 11.5. The number of nitrogens with zero attached hydrogens (tertiary/aromatic N) is 1. The Kier molecular flexibility index (Phi) is 3.12. The van der Waals surface area contributed by atoms with E-state index >= 15 is 0 Å². The van der Waals surface area contributed by atoms with Crippen LogP contribution in [0.4, 0.5) is 0 Å². The van der Waals surface area contributed by atoms with Gasteiger partial charge in [-0.2, -0.15) is 0 Å². The van der Waals surface area contributed by atoms with E-state index in [-0.39, 0.29) is 0 Å². The van der Waals surface area contributed by atoms with Gasteiger partial charge in [0.2, 0.25) is 5.91 Å². The lowest BCUT2D eigenvalue weighted by molar-refractivity contribution is -0.136. The summed E-state index contributed by atoms with van der Waals surface area (Å²) in [6.07, 6.45) is 7.34. The lowest BCUT2D eigenvalue weighted by Crippen LogP contribution is -2.42. The van der Waals surface area contributed by atoms with Crippen molar-refractivity contribution >= 4 is 5.91 Å². The van der Waals surface area contributed by atoms with Crippen molar-refractivity contribution < 1.29 is 4.79 Å². The Morgan fingerprint density at radius 2 is 1.94 bits per heavy atom. The van der Waals surface area contributed by atoms with Gasteiger partial charge in [-0.1, -0.05) is 13.3 Å². The second-order valence-corrected chi connectivity index (χ2v) is 6.23. The van der Waals surface area contributed by atoms with Gasteiger partial charge in [-0.05, 0) is 38.0 Å². The number of hydrogen-bond donors (Lipinski definition) is 1. The summed E-state index contributed by atoms with van der Waals surface area (Å²) in [5, 5.41) is 3.65. The number of fused-ring (bicyclic) bond motifs is 2. The Morgan fingerprint density at radius 1 is 1.12 bits per heavy atom. The SMILES string of the molecule is CC1CCCC1C(=O)N1CCC2CCC(C1)N2. The van der Waals surface area contributed by atoms with Crippen LogP contribution in [-0.4, -0.2) is 36.0 Å². The summed E-state index contributed by atoms with van der Waals surface area (Å²) in [5.41, 5.74) is 0. The summed E-state index contributed by atoms with van der Waals surface area (Å²) < 4.78 is 0. The highest BCUT2D eigenvalue weighted by Gasteiger charge is 2.36. The van der Waals surface area contributed by atoms with Crippen LogP contribution in [0.5, 0.6) is 0 Å². The third kappa shape index (κ3) is 2.22. The summed E-state index contributed by atoms with van der Waals surface area (Å²) in [4.78, 5) is 14.7. The first-order valence-electron chi connectivity index (χ1n) is 7.29. The largest absolute Gasteiger partial charge is 0.341 e. The highest BCUT2D eigenvalue weighted by Crippen LogP contribution is 2.33. The minimum absolute atomic E-state index is 0.326. The van der Waals surface area contributed by atoms with Gasteiger partial charge in [-0.15, -0.1) is 0 Å². The molecule has 0 aromatic rings. The molecule has 2 bridgehead atoms. The molecule has 2 saturated heterocycles. The minimum Gasteiger partial charge on any atom is -0.341 e. The maximum atomic E-state index is 12.5. The number of hydrogen-bond acceptors (Lipinski definition) is 2. The minimum atomic E-state index is 0.326. The number of rotatable bonds is 1. The molecule has 1 aliphatic carbocycles. The van der Waals surface area contributed by atoms with Gasteiger partial charge >= 0.3 is 0 Å². The maximum Gasteiger partial charge on any atom is 0.226 e. The molecule has 3 nitrogen and oxygen atoms in total. The highest BCUT2D eigenvalue weighted by atomic mass is 16.2. The molecule has 17 heavy (non-hydrogen) atoms. The third-order valence-electron chi connectivity index (χ3n) is 5.01. The monoisotopic (exact) mass is 236 g/mol. The molecule has 2 aliphatic heterocycles. The predicted molar refractivity (Wildman–Crippen MR) is 67.6 cm³/mol. The van der Waals surface area contributed by atoms with E-state index in [1.807, 2.05) is 0 Å². The molecule has 1 amide bonds. The second-order valence-electron chi connectivity index (χ2n) is 6.23. The number of amides is 1. The second kappa shape index (κ2) is 4.60. The maximum absolute atomic E-state index is 12.5. The van der Waals surface area contributed by atoms with Crippen molar-refractivity contribution in [3.05, 3.63) is 0 Å². The van der Waals surface area contributed by atoms with Crippen molar-refractivity contribution in [2.24, 2.45) is 11.8 Å². The van der Waals surface area contributed by atoms with Crippen molar-refractivity contribution in [1.29, 1.82) is 0 Å². The molecule has 4 atom stereocenters. The van der Waals surface area contributed by atoms with Crippen molar-refractivity contribution in [3.63, 3.8) is 0 Å². The normalized spacial score (nSPS) is 41.6. The summed E-state index contributed by atoms with van der Waals surface area (Å²) in [6, 6.07) is 1.25. The molecule has 0 aromatic carbocycles. The van der Waals surface area contributed by atoms with Crippen LogP contribution in [0.1, 0.15) is 45.4 Å². The smallest absolute Gasteiger partial charge is 0.226 e. The molecule has 96 valence electrons. The fourth-order valence-electron chi connectivity index (χ4n) is 3.89. The Morgan fingerprint density at radius 3 is 2.71 bits per heavy atom. The summed E-state index contributed by atoms with van der Waals surface area (Å²) in [5.74, 6) is 1.38.